The Labute approximate surface area is 105 Å². The molecule has 0 aliphatic heterocycles. The molecule has 1 heterocycles. The van der Waals surface area contributed by atoms with E-state index in [1.165, 1.54) is 11.3 Å². The predicted molar refractivity (Wildman–Crippen MR) is 68.8 cm³/mol. The largest absolute Gasteiger partial charge is 0.310 e. The minimum atomic E-state index is 0.221. The van der Waals surface area contributed by atoms with Crippen LogP contribution in [0.25, 0.3) is 0 Å². The maximum Gasteiger partial charge on any atom is 0.0991 e. The maximum absolute atomic E-state index is 6.04. The third-order valence-electron chi connectivity index (χ3n) is 2.10. The molecule has 1 rings (SSSR count). The van der Waals surface area contributed by atoms with Gasteiger partial charge in [-0.15, -0.1) is 23.7 Å². The summed E-state index contributed by atoms with van der Waals surface area (Å²) in [5.41, 5.74) is 1.06. The lowest BCUT2D eigenvalue weighted by Crippen LogP contribution is -2.19. The quantitative estimate of drug-likeness (QED) is 0.621. The minimum absolute atomic E-state index is 0.221. The van der Waals surface area contributed by atoms with Crippen molar-refractivity contribution in [2.24, 2.45) is 0 Å². The Balaban J connectivity index is 2.43. The number of rotatable bonds is 5. The van der Waals surface area contributed by atoms with Crippen molar-refractivity contribution in [3.63, 3.8) is 0 Å². The third kappa shape index (κ3) is 4.04. The first-order chi connectivity index (χ1) is 7.15. The molecule has 1 unspecified atom stereocenters. The lowest BCUT2D eigenvalue weighted by atomic mass is 10.2. The van der Waals surface area contributed by atoms with Gasteiger partial charge in [0.1, 0.15) is 0 Å². The number of hydrogen-bond donors (Lipinski definition) is 1. The van der Waals surface area contributed by atoms with Gasteiger partial charge in [-0.05, 0) is 31.5 Å². The summed E-state index contributed by atoms with van der Waals surface area (Å²) in [4.78, 5) is 0. The second-order valence-electron chi connectivity index (χ2n) is 3.26. The highest BCUT2D eigenvalue weighted by Crippen LogP contribution is 2.34. The summed E-state index contributed by atoms with van der Waals surface area (Å²) in [6, 6.07) is 2.13. The first-order valence-corrected chi connectivity index (χ1v) is 6.34. The molecule has 0 fully saturated rings. The third-order valence-corrected chi connectivity index (χ3v) is 3.62. The van der Waals surface area contributed by atoms with Crippen molar-refractivity contribution >= 4 is 34.5 Å². The van der Waals surface area contributed by atoms with Crippen molar-refractivity contribution in [3.05, 3.63) is 20.3 Å². The zero-order chi connectivity index (χ0) is 11.3. The molecule has 0 aliphatic carbocycles. The second kappa shape index (κ2) is 6.40. The molecular weight excluding hydrogens is 249 g/mol. The fourth-order valence-electron chi connectivity index (χ4n) is 1.27. The van der Waals surface area contributed by atoms with E-state index in [2.05, 4.69) is 18.2 Å². The molecule has 0 saturated carbocycles. The summed E-state index contributed by atoms with van der Waals surface area (Å²) in [7, 11) is 0. The van der Waals surface area contributed by atoms with Crippen LogP contribution in [0, 0.1) is 12.3 Å². The average molecular weight is 262 g/mol. The smallest absolute Gasteiger partial charge is 0.0991 e. The molecule has 1 N–H and O–H groups in total. The van der Waals surface area contributed by atoms with Crippen LogP contribution in [0.4, 0.5) is 0 Å². The summed E-state index contributed by atoms with van der Waals surface area (Å²) in [5, 5.41) is 3.36. The number of halogens is 2. The van der Waals surface area contributed by atoms with Gasteiger partial charge in [-0.3, -0.25) is 0 Å². The molecule has 0 radical (unpaired) electrons. The molecule has 0 spiro atoms. The fourth-order valence-corrected chi connectivity index (χ4v) is 2.91. The lowest BCUT2D eigenvalue weighted by molar-refractivity contribution is 0.564. The van der Waals surface area contributed by atoms with E-state index in [0.29, 0.717) is 0 Å². The SMILES string of the molecule is C#CCCCNC(C)c1cc(Cl)sc1Cl. The van der Waals surface area contributed by atoms with Crippen LogP contribution in [0.5, 0.6) is 0 Å². The molecule has 1 atom stereocenters. The molecule has 0 amide bonds. The molecule has 1 aromatic heterocycles. The van der Waals surface area contributed by atoms with Crippen LogP contribution in [0.2, 0.25) is 8.67 Å². The standard InChI is InChI=1S/C11H13Cl2NS/c1-3-4-5-6-14-8(2)9-7-10(12)15-11(9)13/h1,7-8,14H,4-6H2,2H3. The van der Waals surface area contributed by atoms with Crippen molar-refractivity contribution in [2.75, 3.05) is 6.54 Å². The summed E-state index contributed by atoms with van der Waals surface area (Å²) < 4.78 is 1.49. The maximum atomic E-state index is 6.04. The van der Waals surface area contributed by atoms with Crippen molar-refractivity contribution in [3.8, 4) is 12.3 Å². The minimum Gasteiger partial charge on any atom is -0.310 e. The van der Waals surface area contributed by atoms with E-state index in [1.807, 2.05) is 6.07 Å². The Morgan fingerprint density at radius 2 is 2.33 bits per heavy atom. The number of nitrogens with one attached hydrogen (secondary N) is 1. The highest BCUT2D eigenvalue weighted by molar-refractivity contribution is 7.20. The van der Waals surface area contributed by atoms with E-state index in [-0.39, 0.29) is 6.04 Å². The van der Waals surface area contributed by atoms with E-state index in [1.54, 1.807) is 0 Å². The molecule has 0 aliphatic rings. The molecular formula is C11H13Cl2NS. The van der Waals surface area contributed by atoms with Gasteiger partial charge in [0.05, 0.1) is 8.67 Å². The van der Waals surface area contributed by atoms with Gasteiger partial charge in [-0.25, -0.2) is 0 Å². The average Bonchev–Trinajstić information content (AvgIpc) is 2.52. The van der Waals surface area contributed by atoms with Crippen LogP contribution in [-0.2, 0) is 0 Å². The molecule has 1 nitrogen and oxygen atoms in total. The molecule has 1 aromatic rings. The van der Waals surface area contributed by atoms with Crippen LogP contribution < -0.4 is 5.32 Å². The summed E-state index contributed by atoms with van der Waals surface area (Å²) >= 11 is 13.3. The molecule has 15 heavy (non-hydrogen) atoms. The molecule has 82 valence electrons. The zero-order valence-corrected chi connectivity index (χ0v) is 10.8. The highest BCUT2D eigenvalue weighted by Gasteiger charge is 2.12. The van der Waals surface area contributed by atoms with Crippen LogP contribution >= 0.6 is 34.5 Å². The van der Waals surface area contributed by atoms with Gasteiger partial charge in [0.2, 0.25) is 0 Å². The summed E-state index contributed by atoms with van der Waals surface area (Å²) in [6.45, 7) is 2.97. The Hall–Kier alpha value is -0.200. The first kappa shape index (κ1) is 12.9. The summed E-state index contributed by atoms with van der Waals surface area (Å²) in [5.74, 6) is 2.61. The van der Waals surface area contributed by atoms with Crippen molar-refractivity contribution < 1.29 is 0 Å². The molecule has 0 aromatic carbocycles. The summed E-state index contributed by atoms with van der Waals surface area (Å²) in [6.07, 6.45) is 6.96. The van der Waals surface area contributed by atoms with Crippen LogP contribution in [0.3, 0.4) is 0 Å². The van der Waals surface area contributed by atoms with Gasteiger partial charge in [-0.2, -0.15) is 0 Å². The second-order valence-corrected chi connectivity index (χ2v) is 5.55. The van der Waals surface area contributed by atoms with E-state index in [9.17, 15) is 0 Å². The van der Waals surface area contributed by atoms with Gasteiger partial charge in [0, 0.05) is 12.5 Å². The monoisotopic (exact) mass is 261 g/mol. The van der Waals surface area contributed by atoms with Crippen molar-refractivity contribution in [2.45, 2.75) is 25.8 Å². The van der Waals surface area contributed by atoms with Gasteiger partial charge in [0.25, 0.3) is 0 Å². The van der Waals surface area contributed by atoms with E-state index >= 15 is 0 Å². The van der Waals surface area contributed by atoms with E-state index < -0.39 is 0 Å². The number of thiophene rings is 1. The highest BCUT2D eigenvalue weighted by atomic mass is 35.5. The van der Waals surface area contributed by atoms with Crippen LogP contribution in [0.1, 0.15) is 31.4 Å². The Bertz CT molecular complexity index is 354. The van der Waals surface area contributed by atoms with Gasteiger partial charge in [-0.1, -0.05) is 23.2 Å². The van der Waals surface area contributed by atoms with Gasteiger partial charge < -0.3 is 5.32 Å². The Kier molecular flexibility index (Phi) is 5.49. The van der Waals surface area contributed by atoms with Gasteiger partial charge in [0.15, 0.2) is 0 Å². The normalized spacial score (nSPS) is 12.4. The molecule has 4 heteroatoms. The van der Waals surface area contributed by atoms with E-state index in [0.717, 1.165) is 33.6 Å². The Morgan fingerprint density at radius 3 is 2.87 bits per heavy atom. The fraction of sp³-hybridized carbons (Fsp3) is 0.455. The van der Waals surface area contributed by atoms with Gasteiger partial charge >= 0.3 is 0 Å². The number of unbranched alkanes of at least 4 members (excludes halogenated alkanes) is 1. The predicted octanol–water partition coefficient (Wildman–Crippen LogP) is 4.12. The van der Waals surface area contributed by atoms with Crippen molar-refractivity contribution in [1.29, 1.82) is 0 Å². The van der Waals surface area contributed by atoms with Crippen LogP contribution in [0.15, 0.2) is 6.07 Å². The Morgan fingerprint density at radius 1 is 1.60 bits per heavy atom. The molecule has 0 saturated heterocycles. The topological polar surface area (TPSA) is 12.0 Å². The van der Waals surface area contributed by atoms with Crippen LogP contribution in [-0.4, -0.2) is 6.54 Å². The van der Waals surface area contributed by atoms with Crippen molar-refractivity contribution in [1.82, 2.24) is 5.32 Å². The molecule has 0 bridgehead atoms. The van der Waals surface area contributed by atoms with E-state index in [4.69, 9.17) is 29.6 Å². The zero-order valence-electron chi connectivity index (χ0n) is 8.52. The first-order valence-electron chi connectivity index (χ1n) is 4.76. The number of terminal acetylenes is 1. The lowest BCUT2D eigenvalue weighted by Gasteiger charge is -2.12. The number of hydrogen-bond acceptors (Lipinski definition) is 2.